The molecule has 0 aromatic heterocycles. The van der Waals surface area contributed by atoms with Crippen molar-refractivity contribution in [2.24, 2.45) is 10.7 Å². The summed E-state index contributed by atoms with van der Waals surface area (Å²) in [7, 11) is 0. The van der Waals surface area contributed by atoms with Crippen LogP contribution in [0.4, 0.5) is 11.4 Å². The van der Waals surface area contributed by atoms with E-state index in [2.05, 4.69) is 16.4 Å². The summed E-state index contributed by atoms with van der Waals surface area (Å²) in [4.78, 5) is 18.5. The maximum absolute atomic E-state index is 12.4. The fourth-order valence-electron chi connectivity index (χ4n) is 2.87. The molecule has 1 aliphatic heterocycles. The van der Waals surface area contributed by atoms with Gasteiger partial charge in [-0.05, 0) is 36.6 Å². The highest BCUT2D eigenvalue weighted by Gasteiger charge is 2.23. The molecule has 1 heterocycles. The number of anilines is 2. The summed E-state index contributed by atoms with van der Waals surface area (Å²) < 4.78 is 0. The smallest absolute Gasteiger partial charge is 0.227 e. The van der Waals surface area contributed by atoms with Gasteiger partial charge in [-0.1, -0.05) is 36.4 Å². The Morgan fingerprint density at radius 1 is 1.12 bits per heavy atom. The highest BCUT2D eigenvalue weighted by Crippen LogP contribution is 2.27. The third kappa shape index (κ3) is 3.93. The minimum Gasteiger partial charge on any atom is -0.370 e. The van der Waals surface area contributed by atoms with Crippen LogP contribution >= 0.6 is 0 Å². The Morgan fingerprint density at radius 3 is 2.71 bits per heavy atom. The van der Waals surface area contributed by atoms with Crippen molar-refractivity contribution in [3.05, 3.63) is 60.2 Å². The first-order valence-electron chi connectivity index (χ1n) is 8.24. The van der Waals surface area contributed by atoms with Gasteiger partial charge in [0.25, 0.3) is 0 Å². The summed E-state index contributed by atoms with van der Waals surface area (Å²) >= 11 is 0. The number of benzene rings is 2. The quantitative estimate of drug-likeness (QED) is 0.505. The van der Waals surface area contributed by atoms with Crippen LogP contribution in [0.3, 0.4) is 0 Å². The topological polar surface area (TPSA) is 70.7 Å². The fourth-order valence-corrected chi connectivity index (χ4v) is 2.87. The van der Waals surface area contributed by atoms with Crippen LogP contribution in [0.1, 0.15) is 18.4 Å². The Balaban J connectivity index is 1.45. The van der Waals surface area contributed by atoms with E-state index in [9.17, 15) is 4.79 Å². The Hall–Kier alpha value is -2.82. The minimum absolute atomic E-state index is 0.157. The molecule has 2 aromatic carbocycles. The molecule has 3 rings (SSSR count). The summed E-state index contributed by atoms with van der Waals surface area (Å²) in [6, 6.07) is 17.8. The van der Waals surface area contributed by atoms with Crippen LogP contribution in [0.15, 0.2) is 59.6 Å². The molecule has 0 spiro atoms. The zero-order chi connectivity index (χ0) is 16.8. The number of carbonyl (C=O) groups excluding carboxylic acids is 1. The molecule has 1 amide bonds. The van der Waals surface area contributed by atoms with Gasteiger partial charge in [-0.25, -0.2) is 0 Å². The maximum atomic E-state index is 12.4. The van der Waals surface area contributed by atoms with Gasteiger partial charge in [0.15, 0.2) is 5.96 Å². The van der Waals surface area contributed by atoms with E-state index in [0.29, 0.717) is 25.3 Å². The fraction of sp³-hybridized carbons (Fsp3) is 0.263. The molecule has 0 saturated heterocycles. The number of rotatable bonds is 5. The Morgan fingerprint density at radius 2 is 1.88 bits per heavy atom. The Kier molecular flexibility index (Phi) is 5.11. The van der Waals surface area contributed by atoms with Gasteiger partial charge in [-0.2, -0.15) is 0 Å². The first-order chi connectivity index (χ1) is 11.7. The predicted molar refractivity (Wildman–Crippen MR) is 98.3 cm³/mol. The van der Waals surface area contributed by atoms with E-state index in [1.807, 2.05) is 53.4 Å². The third-order valence-electron chi connectivity index (χ3n) is 4.07. The van der Waals surface area contributed by atoms with Crippen LogP contribution in [0.5, 0.6) is 0 Å². The number of aliphatic imine (C=N–C) groups is 1. The predicted octanol–water partition coefficient (Wildman–Crippen LogP) is 2.78. The lowest BCUT2D eigenvalue weighted by atomic mass is 10.2. The first-order valence-corrected chi connectivity index (χ1v) is 8.24. The van der Waals surface area contributed by atoms with Crippen LogP contribution in [-0.4, -0.2) is 25.0 Å². The molecule has 24 heavy (non-hydrogen) atoms. The molecular formula is C19H22N4O. The van der Waals surface area contributed by atoms with Crippen LogP contribution in [0.2, 0.25) is 0 Å². The van der Waals surface area contributed by atoms with Crippen molar-refractivity contribution >= 4 is 23.2 Å². The standard InChI is InChI=1S/C19H22N4O/c20-19(22-16-8-2-1-3-9-16)21-13-6-11-18(24)23-14-12-15-7-4-5-10-17(15)23/h1-5,7-10H,6,11-14H2,(H3,20,21,22). The lowest BCUT2D eigenvalue weighted by Gasteiger charge is -2.16. The number of carbonyl (C=O) groups is 1. The molecule has 1 aliphatic rings. The van der Waals surface area contributed by atoms with Gasteiger partial charge < -0.3 is 16.0 Å². The number of fused-ring (bicyclic) bond motifs is 1. The monoisotopic (exact) mass is 322 g/mol. The van der Waals surface area contributed by atoms with Crippen LogP contribution in [0, 0.1) is 0 Å². The molecular weight excluding hydrogens is 300 g/mol. The van der Waals surface area contributed by atoms with E-state index in [0.717, 1.165) is 24.3 Å². The van der Waals surface area contributed by atoms with Crippen LogP contribution in [0.25, 0.3) is 0 Å². The van der Waals surface area contributed by atoms with Crippen molar-refractivity contribution in [2.75, 3.05) is 23.3 Å². The number of para-hydroxylation sites is 2. The van der Waals surface area contributed by atoms with Crippen molar-refractivity contribution in [3.63, 3.8) is 0 Å². The van der Waals surface area contributed by atoms with Gasteiger partial charge in [-0.3, -0.25) is 9.79 Å². The third-order valence-corrected chi connectivity index (χ3v) is 4.07. The average Bonchev–Trinajstić information content (AvgIpc) is 3.03. The van der Waals surface area contributed by atoms with E-state index in [-0.39, 0.29) is 5.91 Å². The van der Waals surface area contributed by atoms with Crippen LogP contribution in [-0.2, 0) is 11.2 Å². The van der Waals surface area contributed by atoms with Crippen molar-refractivity contribution in [1.82, 2.24) is 0 Å². The summed E-state index contributed by atoms with van der Waals surface area (Å²) in [6.07, 6.45) is 2.11. The highest BCUT2D eigenvalue weighted by atomic mass is 16.2. The van der Waals surface area contributed by atoms with Crippen molar-refractivity contribution in [3.8, 4) is 0 Å². The molecule has 2 aromatic rings. The Bertz CT molecular complexity index is 727. The van der Waals surface area contributed by atoms with Crippen molar-refractivity contribution in [1.29, 1.82) is 0 Å². The molecule has 3 N–H and O–H groups in total. The molecule has 5 nitrogen and oxygen atoms in total. The average molecular weight is 322 g/mol. The second-order valence-electron chi connectivity index (χ2n) is 5.79. The van der Waals surface area contributed by atoms with Gasteiger partial charge in [0.2, 0.25) is 5.91 Å². The molecule has 0 saturated carbocycles. The maximum Gasteiger partial charge on any atom is 0.227 e. The number of nitrogens with zero attached hydrogens (tertiary/aromatic N) is 2. The zero-order valence-electron chi connectivity index (χ0n) is 13.6. The molecule has 124 valence electrons. The first kappa shape index (κ1) is 16.1. The van der Waals surface area contributed by atoms with Crippen molar-refractivity contribution in [2.45, 2.75) is 19.3 Å². The number of nitrogens with two attached hydrogens (primary N) is 1. The number of hydrogen-bond donors (Lipinski definition) is 2. The van der Waals surface area contributed by atoms with E-state index in [1.165, 1.54) is 5.56 Å². The van der Waals surface area contributed by atoms with Gasteiger partial charge in [0.1, 0.15) is 0 Å². The second-order valence-corrected chi connectivity index (χ2v) is 5.79. The number of nitrogens with one attached hydrogen (secondary N) is 1. The summed E-state index contributed by atoms with van der Waals surface area (Å²) in [5.74, 6) is 0.532. The van der Waals surface area contributed by atoms with Gasteiger partial charge in [0.05, 0.1) is 0 Å². The van der Waals surface area contributed by atoms with E-state index in [1.54, 1.807) is 0 Å². The van der Waals surface area contributed by atoms with Crippen molar-refractivity contribution < 1.29 is 4.79 Å². The van der Waals surface area contributed by atoms with Gasteiger partial charge >= 0.3 is 0 Å². The van der Waals surface area contributed by atoms with E-state index < -0.39 is 0 Å². The number of guanidine groups is 1. The highest BCUT2D eigenvalue weighted by molar-refractivity contribution is 5.95. The summed E-state index contributed by atoms with van der Waals surface area (Å²) in [5, 5.41) is 3.03. The lowest BCUT2D eigenvalue weighted by molar-refractivity contribution is -0.118. The molecule has 5 heteroatoms. The number of hydrogen-bond acceptors (Lipinski definition) is 2. The van der Waals surface area contributed by atoms with Gasteiger partial charge in [0, 0.05) is 30.9 Å². The number of amides is 1. The lowest BCUT2D eigenvalue weighted by Crippen LogP contribution is -2.28. The zero-order valence-corrected chi connectivity index (χ0v) is 13.6. The van der Waals surface area contributed by atoms with E-state index >= 15 is 0 Å². The molecule has 0 aliphatic carbocycles. The summed E-state index contributed by atoms with van der Waals surface area (Å²) in [6.45, 7) is 1.31. The normalized spacial score (nSPS) is 13.7. The molecule has 0 atom stereocenters. The molecule has 0 fully saturated rings. The second kappa shape index (κ2) is 7.64. The molecule has 0 radical (unpaired) electrons. The SMILES string of the molecule is NC(=NCCCC(=O)N1CCc2ccccc21)Nc1ccccc1. The minimum atomic E-state index is 0.157. The van der Waals surface area contributed by atoms with E-state index in [4.69, 9.17) is 5.73 Å². The molecule has 0 unspecified atom stereocenters. The summed E-state index contributed by atoms with van der Waals surface area (Å²) in [5.41, 5.74) is 9.06. The van der Waals surface area contributed by atoms with Gasteiger partial charge in [-0.15, -0.1) is 0 Å². The Labute approximate surface area is 142 Å². The van der Waals surface area contributed by atoms with Crippen LogP contribution < -0.4 is 16.0 Å². The molecule has 0 bridgehead atoms. The largest absolute Gasteiger partial charge is 0.370 e.